The summed E-state index contributed by atoms with van der Waals surface area (Å²) in [6, 6.07) is 4.44. The molecule has 0 bridgehead atoms. The second-order valence-corrected chi connectivity index (χ2v) is 4.66. The fourth-order valence-electron chi connectivity index (χ4n) is 1.96. The maximum absolute atomic E-state index is 12.2. The highest BCUT2D eigenvalue weighted by atomic mass is 16.5. The van der Waals surface area contributed by atoms with Gasteiger partial charge in [0.05, 0.1) is 30.1 Å². The minimum Gasteiger partial charge on any atom is -0.497 e. The van der Waals surface area contributed by atoms with E-state index in [9.17, 15) is 14.7 Å². The molecule has 0 atom stereocenters. The summed E-state index contributed by atoms with van der Waals surface area (Å²) in [5.41, 5.74) is 0.552. The highest BCUT2D eigenvalue weighted by Crippen LogP contribution is 2.22. The van der Waals surface area contributed by atoms with Crippen molar-refractivity contribution in [2.24, 2.45) is 0 Å². The highest BCUT2D eigenvalue weighted by molar-refractivity contribution is 6.07. The van der Waals surface area contributed by atoms with Gasteiger partial charge in [0, 0.05) is 12.7 Å². The number of carbonyl (C=O) groups is 2. The van der Waals surface area contributed by atoms with Crippen LogP contribution in [-0.4, -0.2) is 33.9 Å². The zero-order valence-corrected chi connectivity index (χ0v) is 12.4. The van der Waals surface area contributed by atoms with Crippen LogP contribution in [0.3, 0.4) is 0 Å². The van der Waals surface area contributed by atoms with Gasteiger partial charge in [0.25, 0.3) is 5.91 Å². The molecule has 1 amide bonds. The molecule has 0 saturated heterocycles. The van der Waals surface area contributed by atoms with E-state index >= 15 is 0 Å². The van der Waals surface area contributed by atoms with E-state index in [1.165, 1.54) is 25.4 Å². The van der Waals surface area contributed by atoms with Gasteiger partial charge in [-0.2, -0.15) is 5.10 Å². The Hall–Kier alpha value is -2.83. The van der Waals surface area contributed by atoms with Gasteiger partial charge in [-0.05, 0) is 24.6 Å². The Labute approximate surface area is 127 Å². The van der Waals surface area contributed by atoms with Crippen molar-refractivity contribution in [1.82, 2.24) is 9.78 Å². The number of aryl methyl sites for hydroxylation is 1. The molecule has 0 saturated carbocycles. The molecule has 2 aromatic rings. The smallest absolute Gasteiger partial charge is 0.337 e. The predicted molar refractivity (Wildman–Crippen MR) is 80.4 cm³/mol. The summed E-state index contributed by atoms with van der Waals surface area (Å²) >= 11 is 0. The van der Waals surface area contributed by atoms with E-state index in [-0.39, 0.29) is 11.3 Å². The van der Waals surface area contributed by atoms with Crippen molar-refractivity contribution >= 4 is 17.6 Å². The summed E-state index contributed by atoms with van der Waals surface area (Å²) in [7, 11) is 1.45. The van der Waals surface area contributed by atoms with Crippen LogP contribution in [-0.2, 0) is 6.54 Å². The van der Waals surface area contributed by atoms with E-state index in [1.807, 2.05) is 6.92 Å². The van der Waals surface area contributed by atoms with Crippen LogP contribution in [0.1, 0.15) is 34.1 Å². The molecule has 7 nitrogen and oxygen atoms in total. The number of aromatic carboxylic acids is 1. The van der Waals surface area contributed by atoms with Crippen molar-refractivity contribution in [1.29, 1.82) is 0 Å². The second kappa shape index (κ2) is 6.75. The van der Waals surface area contributed by atoms with Crippen molar-refractivity contribution in [2.45, 2.75) is 19.9 Å². The number of hydrogen-bond donors (Lipinski definition) is 2. The highest BCUT2D eigenvalue weighted by Gasteiger charge is 2.15. The molecule has 1 heterocycles. The number of anilines is 1. The third-order valence-corrected chi connectivity index (χ3v) is 3.05. The lowest BCUT2D eigenvalue weighted by atomic mass is 10.1. The van der Waals surface area contributed by atoms with E-state index in [4.69, 9.17) is 4.74 Å². The van der Waals surface area contributed by atoms with Crippen LogP contribution >= 0.6 is 0 Å². The number of carboxylic acids is 1. The Morgan fingerprint density at radius 3 is 2.82 bits per heavy atom. The summed E-state index contributed by atoms with van der Waals surface area (Å²) in [4.78, 5) is 23.4. The minimum absolute atomic E-state index is 0.0337. The standard InChI is InChI=1S/C15H17N3O4/c1-3-6-18-9-10(8-16-18)14(19)17-13-5-4-11(22-2)7-12(13)15(20)21/h4-5,7-9H,3,6H2,1-2H3,(H,17,19)(H,20,21). The SMILES string of the molecule is CCCn1cc(C(=O)Nc2ccc(OC)cc2C(=O)O)cn1. The van der Waals surface area contributed by atoms with Crippen LogP contribution in [0.25, 0.3) is 0 Å². The molecule has 2 rings (SSSR count). The van der Waals surface area contributed by atoms with Gasteiger partial charge in [-0.15, -0.1) is 0 Å². The number of rotatable bonds is 6. The predicted octanol–water partition coefficient (Wildman–Crippen LogP) is 2.25. The van der Waals surface area contributed by atoms with Gasteiger partial charge in [0.15, 0.2) is 0 Å². The van der Waals surface area contributed by atoms with E-state index in [1.54, 1.807) is 16.9 Å². The van der Waals surface area contributed by atoms with E-state index in [0.29, 0.717) is 11.3 Å². The number of ether oxygens (including phenoxy) is 1. The molecule has 7 heteroatoms. The van der Waals surface area contributed by atoms with Gasteiger partial charge in [0.2, 0.25) is 0 Å². The molecule has 1 aromatic heterocycles. The van der Waals surface area contributed by atoms with Crippen molar-refractivity contribution in [3.63, 3.8) is 0 Å². The first kappa shape index (κ1) is 15.6. The second-order valence-electron chi connectivity index (χ2n) is 4.66. The molecule has 0 fully saturated rings. The van der Waals surface area contributed by atoms with Crippen LogP contribution < -0.4 is 10.1 Å². The summed E-state index contributed by atoms with van der Waals surface area (Å²) in [5.74, 6) is -1.14. The fourth-order valence-corrected chi connectivity index (χ4v) is 1.96. The third kappa shape index (κ3) is 3.43. The number of nitrogens with zero attached hydrogens (tertiary/aromatic N) is 2. The zero-order chi connectivity index (χ0) is 16.1. The summed E-state index contributed by atoms with van der Waals surface area (Å²) < 4.78 is 6.66. The Morgan fingerprint density at radius 1 is 1.41 bits per heavy atom. The van der Waals surface area contributed by atoms with Crippen molar-refractivity contribution < 1.29 is 19.4 Å². The average molecular weight is 303 g/mol. The average Bonchev–Trinajstić information content (AvgIpc) is 2.96. The number of nitrogens with one attached hydrogen (secondary N) is 1. The lowest BCUT2D eigenvalue weighted by Crippen LogP contribution is -2.14. The first-order valence-electron chi connectivity index (χ1n) is 6.80. The Morgan fingerprint density at radius 2 is 2.18 bits per heavy atom. The van der Waals surface area contributed by atoms with E-state index in [2.05, 4.69) is 10.4 Å². The number of amides is 1. The number of hydrogen-bond acceptors (Lipinski definition) is 4. The van der Waals surface area contributed by atoms with Crippen LogP contribution in [0.2, 0.25) is 0 Å². The third-order valence-electron chi connectivity index (χ3n) is 3.05. The molecule has 0 aliphatic rings. The molecule has 0 spiro atoms. The van der Waals surface area contributed by atoms with Crippen molar-refractivity contribution in [2.75, 3.05) is 12.4 Å². The quantitative estimate of drug-likeness (QED) is 0.853. The fraction of sp³-hybridized carbons (Fsp3) is 0.267. The van der Waals surface area contributed by atoms with Gasteiger partial charge in [0.1, 0.15) is 5.75 Å². The monoisotopic (exact) mass is 303 g/mol. The van der Waals surface area contributed by atoms with Gasteiger partial charge in [-0.3, -0.25) is 9.48 Å². The summed E-state index contributed by atoms with van der Waals surface area (Å²) in [6.07, 6.45) is 3.99. The minimum atomic E-state index is -1.14. The zero-order valence-electron chi connectivity index (χ0n) is 12.4. The number of carbonyl (C=O) groups excluding carboxylic acids is 1. The summed E-state index contributed by atoms with van der Waals surface area (Å²) in [6.45, 7) is 2.73. The molecule has 22 heavy (non-hydrogen) atoms. The number of benzene rings is 1. The number of aromatic nitrogens is 2. The maximum atomic E-state index is 12.2. The van der Waals surface area contributed by atoms with Crippen LogP contribution in [0.15, 0.2) is 30.6 Å². The lowest BCUT2D eigenvalue weighted by Gasteiger charge is -2.09. The summed E-state index contributed by atoms with van der Waals surface area (Å²) in [5, 5.41) is 15.9. The van der Waals surface area contributed by atoms with Crippen LogP contribution in [0, 0.1) is 0 Å². The Balaban J connectivity index is 2.21. The lowest BCUT2D eigenvalue weighted by molar-refractivity contribution is 0.0697. The Bertz CT molecular complexity index is 694. The molecule has 0 radical (unpaired) electrons. The molecule has 0 aliphatic carbocycles. The van der Waals surface area contributed by atoms with Crippen LogP contribution in [0.4, 0.5) is 5.69 Å². The largest absolute Gasteiger partial charge is 0.497 e. The first-order valence-corrected chi connectivity index (χ1v) is 6.80. The van der Waals surface area contributed by atoms with E-state index < -0.39 is 11.9 Å². The molecular weight excluding hydrogens is 286 g/mol. The molecule has 0 aliphatic heterocycles. The molecule has 2 N–H and O–H groups in total. The maximum Gasteiger partial charge on any atom is 0.337 e. The molecule has 1 aromatic carbocycles. The van der Waals surface area contributed by atoms with Crippen LogP contribution in [0.5, 0.6) is 5.75 Å². The van der Waals surface area contributed by atoms with E-state index in [0.717, 1.165) is 13.0 Å². The van der Waals surface area contributed by atoms with Crippen molar-refractivity contribution in [3.05, 3.63) is 41.7 Å². The first-order chi connectivity index (χ1) is 10.5. The molecular formula is C15H17N3O4. The molecule has 116 valence electrons. The number of methoxy groups -OCH3 is 1. The van der Waals surface area contributed by atoms with Gasteiger partial charge >= 0.3 is 5.97 Å². The van der Waals surface area contributed by atoms with Crippen molar-refractivity contribution in [3.8, 4) is 5.75 Å². The van der Waals surface area contributed by atoms with Gasteiger partial charge in [-0.25, -0.2) is 4.79 Å². The normalized spacial score (nSPS) is 10.3. The van der Waals surface area contributed by atoms with Gasteiger partial charge < -0.3 is 15.2 Å². The van der Waals surface area contributed by atoms with Gasteiger partial charge in [-0.1, -0.05) is 6.92 Å². The molecule has 0 unspecified atom stereocenters. The Kier molecular flexibility index (Phi) is 4.77. The topological polar surface area (TPSA) is 93.5 Å². The number of carboxylic acid groups (broad SMARTS) is 1.